The topological polar surface area (TPSA) is 63.5 Å². The monoisotopic (exact) mass is 233 g/mol. The molecule has 0 aromatic carbocycles. The number of hydrogen-bond donors (Lipinski definition) is 2. The maximum absolute atomic E-state index is 10.0. The van der Waals surface area contributed by atoms with Gasteiger partial charge in [0.05, 0.1) is 16.8 Å². The highest BCUT2D eigenvalue weighted by molar-refractivity contribution is 5.56. The summed E-state index contributed by atoms with van der Waals surface area (Å²) >= 11 is 0. The van der Waals surface area contributed by atoms with Crippen LogP contribution in [0.15, 0.2) is 18.3 Å². The van der Waals surface area contributed by atoms with Crippen LogP contribution in [0, 0.1) is 6.92 Å². The minimum absolute atomic E-state index is 0.582. The summed E-state index contributed by atoms with van der Waals surface area (Å²) in [6.45, 7) is 6.12. The molecule has 2 aromatic rings. The van der Waals surface area contributed by atoms with Gasteiger partial charge in [0.25, 0.3) is 0 Å². The van der Waals surface area contributed by atoms with E-state index >= 15 is 0 Å². The highest BCUT2D eigenvalue weighted by Crippen LogP contribution is 2.23. The first-order valence-corrected chi connectivity index (χ1v) is 5.84. The molecule has 4 heteroatoms. The molecule has 0 radical (unpaired) electrons. The molecular weight excluding hydrogens is 214 g/mol. The molecule has 0 saturated carbocycles. The number of imidazole rings is 1. The molecular formula is C13H19N3O. The van der Waals surface area contributed by atoms with Gasteiger partial charge in [-0.2, -0.15) is 0 Å². The number of fused-ring (bicyclic) bond motifs is 1. The summed E-state index contributed by atoms with van der Waals surface area (Å²) in [7, 11) is 0. The lowest BCUT2D eigenvalue weighted by Gasteiger charge is -2.18. The first kappa shape index (κ1) is 12.1. The average molecular weight is 233 g/mol. The van der Waals surface area contributed by atoms with Gasteiger partial charge < -0.3 is 15.2 Å². The first-order chi connectivity index (χ1) is 7.93. The maximum Gasteiger partial charge on any atom is 0.110 e. The smallest absolute Gasteiger partial charge is 0.110 e. The molecule has 17 heavy (non-hydrogen) atoms. The number of hydrogen-bond acceptors (Lipinski definition) is 3. The summed E-state index contributed by atoms with van der Waals surface area (Å²) in [5.41, 5.74) is 7.68. The van der Waals surface area contributed by atoms with E-state index in [0.29, 0.717) is 6.54 Å². The lowest BCUT2D eigenvalue weighted by atomic mass is 9.99. The number of pyridine rings is 1. The molecule has 3 N–H and O–H groups in total. The van der Waals surface area contributed by atoms with E-state index in [0.717, 1.165) is 29.0 Å². The zero-order valence-corrected chi connectivity index (χ0v) is 10.6. The van der Waals surface area contributed by atoms with E-state index in [2.05, 4.69) is 4.98 Å². The normalized spacial score (nSPS) is 12.3. The summed E-state index contributed by atoms with van der Waals surface area (Å²) < 4.78 is 2.03. The van der Waals surface area contributed by atoms with E-state index in [-0.39, 0.29) is 0 Å². The van der Waals surface area contributed by atoms with Gasteiger partial charge in [-0.15, -0.1) is 0 Å². The van der Waals surface area contributed by atoms with Crippen LogP contribution in [0.1, 0.15) is 30.9 Å². The molecule has 0 amide bonds. The minimum atomic E-state index is -0.833. The van der Waals surface area contributed by atoms with Crippen LogP contribution in [0.5, 0.6) is 0 Å². The van der Waals surface area contributed by atoms with Gasteiger partial charge in [0, 0.05) is 12.6 Å². The fourth-order valence-electron chi connectivity index (χ4n) is 2.01. The second kappa shape index (κ2) is 4.13. The number of nitrogens with two attached hydrogens (primary N) is 1. The lowest BCUT2D eigenvalue weighted by molar-refractivity contribution is 0.0786. The number of aryl methyl sites for hydroxylation is 1. The van der Waals surface area contributed by atoms with Gasteiger partial charge in [-0.3, -0.25) is 0 Å². The van der Waals surface area contributed by atoms with Crippen molar-refractivity contribution < 1.29 is 5.11 Å². The van der Waals surface area contributed by atoms with Crippen molar-refractivity contribution in [1.82, 2.24) is 9.38 Å². The lowest BCUT2D eigenvalue weighted by Crippen LogP contribution is -2.15. The molecule has 2 rings (SSSR count). The van der Waals surface area contributed by atoms with E-state index in [1.807, 2.05) is 29.7 Å². The SMILES string of the molecule is Cc1nc(CCN)c2cc(C(C)(C)O)ccn12. The summed E-state index contributed by atoms with van der Waals surface area (Å²) in [6.07, 6.45) is 2.71. The first-order valence-electron chi connectivity index (χ1n) is 5.84. The van der Waals surface area contributed by atoms with Crippen LogP contribution in [-0.4, -0.2) is 21.0 Å². The Morgan fingerprint density at radius 1 is 1.47 bits per heavy atom. The minimum Gasteiger partial charge on any atom is -0.386 e. The summed E-state index contributed by atoms with van der Waals surface area (Å²) in [5.74, 6) is 0.950. The van der Waals surface area contributed by atoms with Crippen LogP contribution in [0.2, 0.25) is 0 Å². The predicted octanol–water partition coefficient (Wildman–Crippen LogP) is 1.37. The molecule has 0 bridgehead atoms. The van der Waals surface area contributed by atoms with Crippen LogP contribution in [0.4, 0.5) is 0 Å². The zero-order chi connectivity index (χ0) is 12.6. The van der Waals surface area contributed by atoms with Gasteiger partial charge >= 0.3 is 0 Å². The second-order valence-corrected chi connectivity index (χ2v) is 4.87. The van der Waals surface area contributed by atoms with Gasteiger partial charge in [-0.05, 0) is 45.0 Å². The molecule has 4 nitrogen and oxygen atoms in total. The molecule has 2 aromatic heterocycles. The Morgan fingerprint density at radius 2 is 2.18 bits per heavy atom. The molecule has 0 aliphatic carbocycles. The number of aromatic nitrogens is 2. The molecule has 0 saturated heterocycles. The van der Waals surface area contributed by atoms with Crippen molar-refractivity contribution in [2.45, 2.75) is 32.8 Å². The Balaban J connectivity index is 2.62. The maximum atomic E-state index is 10.0. The number of rotatable bonds is 3. The van der Waals surface area contributed by atoms with Crippen molar-refractivity contribution in [2.75, 3.05) is 6.54 Å². The van der Waals surface area contributed by atoms with Crippen molar-refractivity contribution >= 4 is 5.52 Å². The number of aliphatic hydroxyl groups is 1. The molecule has 0 unspecified atom stereocenters. The van der Waals surface area contributed by atoms with Gasteiger partial charge in [0.1, 0.15) is 5.82 Å². The van der Waals surface area contributed by atoms with Crippen molar-refractivity contribution in [3.8, 4) is 0 Å². The highest BCUT2D eigenvalue weighted by atomic mass is 16.3. The van der Waals surface area contributed by atoms with Crippen LogP contribution in [0.3, 0.4) is 0 Å². The predicted molar refractivity (Wildman–Crippen MR) is 67.9 cm³/mol. The Morgan fingerprint density at radius 3 is 2.76 bits per heavy atom. The van der Waals surface area contributed by atoms with Crippen LogP contribution in [0.25, 0.3) is 5.52 Å². The van der Waals surface area contributed by atoms with E-state index in [1.165, 1.54) is 0 Å². The number of nitrogens with zero attached hydrogens (tertiary/aromatic N) is 2. The van der Waals surface area contributed by atoms with Gasteiger partial charge in [-0.25, -0.2) is 4.98 Å². The summed E-state index contributed by atoms with van der Waals surface area (Å²) in [4.78, 5) is 4.50. The molecule has 0 fully saturated rings. The quantitative estimate of drug-likeness (QED) is 0.841. The molecule has 0 atom stereocenters. The Labute approximate surface area is 101 Å². The third kappa shape index (κ3) is 2.18. The highest BCUT2D eigenvalue weighted by Gasteiger charge is 2.17. The van der Waals surface area contributed by atoms with Crippen LogP contribution >= 0.6 is 0 Å². The third-order valence-electron chi connectivity index (χ3n) is 2.98. The standard InChI is InChI=1S/C13H19N3O/c1-9-15-11(4-6-14)12-8-10(13(2,3)17)5-7-16(9)12/h5,7-8,17H,4,6,14H2,1-3H3. The van der Waals surface area contributed by atoms with Crippen LogP contribution in [-0.2, 0) is 12.0 Å². The van der Waals surface area contributed by atoms with Gasteiger partial charge in [0.2, 0.25) is 0 Å². The summed E-state index contributed by atoms with van der Waals surface area (Å²) in [6, 6.07) is 3.92. The second-order valence-electron chi connectivity index (χ2n) is 4.87. The zero-order valence-electron chi connectivity index (χ0n) is 10.6. The molecule has 0 spiro atoms. The van der Waals surface area contributed by atoms with Crippen molar-refractivity contribution in [3.05, 3.63) is 35.4 Å². The van der Waals surface area contributed by atoms with Crippen LogP contribution < -0.4 is 5.73 Å². The average Bonchev–Trinajstić information content (AvgIpc) is 2.55. The largest absolute Gasteiger partial charge is 0.386 e. The Hall–Kier alpha value is -1.39. The fourth-order valence-corrected chi connectivity index (χ4v) is 2.01. The van der Waals surface area contributed by atoms with Crippen molar-refractivity contribution in [3.63, 3.8) is 0 Å². The molecule has 0 aliphatic heterocycles. The van der Waals surface area contributed by atoms with Crippen molar-refractivity contribution in [2.24, 2.45) is 5.73 Å². The van der Waals surface area contributed by atoms with Gasteiger partial charge in [0.15, 0.2) is 0 Å². The Bertz CT molecular complexity index is 537. The van der Waals surface area contributed by atoms with E-state index in [1.54, 1.807) is 13.8 Å². The molecule has 92 valence electrons. The van der Waals surface area contributed by atoms with E-state index in [4.69, 9.17) is 5.73 Å². The van der Waals surface area contributed by atoms with E-state index < -0.39 is 5.60 Å². The third-order valence-corrected chi connectivity index (χ3v) is 2.98. The molecule has 0 aliphatic rings. The van der Waals surface area contributed by atoms with Gasteiger partial charge in [-0.1, -0.05) is 0 Å². The van der Waals surface area contributed by atoms with E-state index in [9.17, 15) is 5.11 Å². The summed E-state index contributed by atoms with van der Waals surface area (Å²) in [5, 5.41) is 10.0. The fraction of sp³-hybridized carbons (Fsp3) is 0.462. The Kier molecular flexibility index (Phi) is 2.93. The van der Waals surface area contributed by atoms with Crippen molar-refractivity contribution in [1.29, 1.82) is 0 Å². The molecule has 2 heterocycles.